The maximum Gasteiger partial charge on any atom is 0.319 e. The van der Waals surface area contributed by atoms with Gasteiger partial charge < -0.3 is 15.7 Å². The Hall–Kier alpha value is -1.46. The zero-order valence-corrected chi connectivity index (χ0v) is 12.7. The summed E-state index contributed by atoms with van der Waals surface area (Å²) in [6, 6.07) is 4.42. The molecule has 0 aliphatic heterocycles. The van der Waals surface area contributed by atoms with Gasteiger partial charge in [0.25, 0.3) is 0 Å². The summed E-state index contributed by atoms with van der Waals surface area (Å²) in [7, 11) is 0. The van der Waals surface area contributed by atoms with Crippen molar-refractivity contribution in [3.05, 3.63) is 28.2 Å². The van der Waals surface area contributed by atoms with E-state index < -0.39 is 12.0 Å². The predicted molar refractivity (Wildman–Crippen MR) is 82.0 cm³/mol. The van der Waals surface area contributed by atoms with Gasteiger partial charge in [0.2, 0.25) is 0 Å². The topological polar surface area (TPSA) is 78.4 Å². The van der Waals surface area contributed by atoms with Crippen LogP contribution in [0, 0.1) is 5.92 Å². The number of anilines is 1. The van der Waals surface area contributed by atoms with Crippen molar-refractivity contribution >= 4 is 40.9 Å². The second kappa shape index (κ2) is 7.00. The maximum atomic E-state index is 11.9. The van der Waals surface area contributed by atoms with Gasteiger partial charge in [-0.1, -0.05) is 35.7 Å². The summed E-state index contributed by atoms with van der Waals surface area (Å²) in [5, 5.41) is 15.1. The molecule has 1 saturated carbocycles. The highest BCUT2D eigenvalue weighted by Gasteiger charge is 2.27. The van der Waals surface area contributed by atoms with Gasteiger partial charge in [-0.3, -0.25) is 4.79 Å². The number of rotatable bonds is 3. The van der Waals surface area contributed by atoms with Crippen LogP contribution in [0.15, 0.2) is 18.2 Å². The second-order valence-electron chi connectivity index (χ2n) is 5.10. The molecule has 1 fully saturated rings. The smallest absolute Gasteiger partial charge is 0.319 e. The molecule has 2 amide bonds. The molecule has 0 bridgehead atoms. The summed E-state index contributed by atoms with van der Waals surface area (Å²) >= 11 is 11.9. The molecule has 0 aromatic heterocycles. The summed E-state index contributed by atoms with van der Waals surface area (Å²) in [6.45, 7) is 0. The van der Waals surface area contributed by atoms with E-state index in [2.05, 4.69) is 10.6 Å². The summed E-state index contributed by atoms with van der Waals surface area (Å²) < 4.78 is 0. The number of nitrogens with one attached hydrogen (secondary N) is 2. The first-order valence-corrected chi connectivity index (χ1v) is 7.47. The fourth-order valence-electron chi connectivity index (χ4n) is 2.49. The molecule has 21 heavy (non-hydrogen) atoms. The maximum absolute atomic E-state index is 11.9. The number of hydrogen-bond donors (Lipinski definition) is 3. The zero-order valence-electron chi connectivity index (χ0n) is 11.2. The third-order valence-electron chi connectivity index (χ3n) is 3.56. The Bertz CT molecular complexity index is 551. The lowest BCUT2D eigenvalue weighted by atomic mass is 9.86. The molecule has 0 radical (unpaired) electrons. The Labute approximate surface area is 132 Å². The highest BCUT2D eigenvalue weighted by molar-refractivity contribution is 6.43. The van der Waals surface area contributed by atoms with E-state index in [1.165, 1.54) is 0 Å². The van der Waals surface area contributed by atoms with E-state index in [0.717, 1.165) is 12.8 Å². The summed E-state index contributed by atoms with van der Waals surface area (Å²) in [4.78, 5) is 22.9. The van der Waals surface area contributed by atoms with Crippen LogP contribution < -0.4 is 10.6 Å². The number of carbonyl (C=O) groups is 2. The number of aliphatic carboxylic acids is 1. The molecule has 2 unspecified atom stereocenters. The molecule has 5 nitrogen and oxygen atoms in total. The Morgan fingerprint density at radius 3 is 2.71 bits per heavy atom. The third kappa shape index (κ3) is 4.25. The molecular formula is C14H16Cl2N2O3. The minimum absolute atomic E-state index is 0.141. The molecule has 1 aliphatic carbocycles. The van der Waals surface area contributed by atoms with E-state index in [0.29, 0.717) is 23.6 Å². The van der Waals surface area contributed by atoms with Gasteiger partial charge in [-0.15, -0.1) is 0 Å². The number of urea groups is 1. The van der Waals surface area contributed by atoms with Crippen molar-refractivity contribution in [2.45, 2.75) is 31.7 Å². The van der Waals surface area contributed by atoms with Crippen LogP contribution in [0.1, 0.15) is 25.7 Å². The van der Waals surface area contributed by atoms with E-state index in [9.17, 15) is 9.59 Å². The minimum atomic E-state index is -0.806. The van der Waals surface area contributed by atoms with Gasteiger partial charge in [-0.25, -0.2) is 4.79 Å². The Kier molecular flexibility index (Phi) is 5.31. The molecule has 1 aliphatic rings. The van der Waals surface area contributed by atoms with Gasteiger partial charge >= 0.3 is 12.0 Å². The van der Waals surface area contributed by atoms with Gasteiger partial charge in [0.1, 0.15) is 0 Å². The van der Waals surface area contributed by atoms with Crippen molar-refractivity contribution in [1.82, 2.24) is 5.32 Å². The van der Waals surface area contributed by atoms with Crippen LogP contribution in [0.25, 0.3) is 0 Å². The number of carboxylic acids is 1. The number of benzene rings is 1. The average Bonchev–Trinajstić information content (AvgIpc) is 2.44. The van der Waals surface area contributed by atoms with Crippen molar-refractivity contribution in [1.29, 1.82) is 0 Å². The Morgan fingerprint density at radius 2 is 2.00 bits per heavy atom. The first-order chi connectivity index (χ1) is 9.97. The van der Waals surface area contributed by atoms with E-state index in [-0.39, 0.29) is 17.0 Å². The second-order valence-corrected chi connectivity index (χ2v) is 5.88. The SMILES string of the molecule is O=C(Nc1cccc(Cl)c1Cl)NC1CCCC(C(=O)O)C1. The largest absolute Gasteiger partial charge is 0.481 e. The molecular weight excluding hydrogens is 315 g/mol. The van der Waals surface area contributed by atoms with Gasteiger partial charge in [0.05, 0.1) is 21.7 Å². The third-order valence-corrected chi connectivity index (χ3v) is 4.38. The molecule has 0 spiro atoms. The summed E-state index contributed by atoms with van der Waals surface area (Å²) in [5.41, 5.74) is 0.423. The van der Waals surface area contributed by atoms with E-state index in [4.69, 9.17) is 28.3 Å². The number of hydrogen-bond acceptors (Lipinski definition) is 2. The quantitative estimate of drug-likeness (QED) is 0.789. The molecule has 2 rings (SSSR count). The monoisotopic (exact) mass is 330 g/mol. The lowest BCUT2D eigenvalue weighted by Crippen LogP contribution is -2.42. The molecule has 0 saturated heterocycles. The molecule has 0 heterocycles. The molecule has 114 valence electrons. The van der Waals surface area contributed by atoms with Crippen molar-refractivity contribution in [2.75, 3.05) is 5.32 Å². The summed E-state index contributed by atoms with van der Waals surface area (Å²) in [6.07, 6.45) is 2.68. The van der Waals surface area contributed by atoms with Gasteiger partial charge in [0.15, 0.2) is 0 Å². The molecule has 1 aromatic carbocycles. The van der Waals surface area contributed by atoms with Gasteiger partial charge in [-0.2, -0.15) is 0 Å². The highest BCUT2D eigenvalue weighted by Crippen LogP contribution is 2.29. The molecule has 7 heteroatoms. The highest BCUT2D eigenvalue weighted by atomic mass is 35.5. The van der Waals surface area contributed by atoms with Crippen molar-refractivity contribution in [3.63, 3.8) is 0 Å². The van der Waals surface area contributed by atoms with Crippen molar-refractivity contribution in [2.24, 2.45) is 5.92 Å². The first kappa shape index (κ1) is 15.9. The van der Waals surface area contributed by atoms with Crippen LogP contribution in [-0.2, 0) is 4.79 Å². The Balaban J connectivity index is 1.92. The Morgan fingerprint density at radius 1 is 1.24 bits per heavy atom. The van der Waals surface area contributed by atoms with Crippen LogP contribution in [-0.4, -0.2) is 23.1 Å². The lowest BCUT2D eigenvalue weighted by molar-refractivity contribution is -0.143. The van der Waals surface area contributed by atoms with Gasteiger partial charge in [-0.05, 0) is 31.4 Å². The number of carboxylic acid groups (broad SMARTS) is 1. The first-order valence-electron chi connectivity index (χ1n) is 6.71. The van der Waals surface area contributed by atoms with Crippen LogP contribution in [0.2, 0.25) is 10.0 Å². The average molecular weight is 331 g/mol. The zero-order chi connectivity index (χ0) is 15.4. The van der Waals surface area contributed by atoms with Crippen LogP contribution in [0.4, 0.5) is 10.5 Å². The van der Waals surface area contributed by atoms with Crippen molar-refractivity contribution < 1.29 is 14.7 Å². The van der Waals surface area contributed by atoms with Crippen LogP contribution >= 0.6 is 23.2 Å². The van der Waals surface area contributed by atoms with E-state index >= 15 is 0 Å². The predicted octanol–water partition coefficient (Wildman–Crippen LogP) is 3.76. The number of amides is 2. The van der Waals surface area contributed by atoms with Crippen LogP contribution in [0.5, 0.6) is 0 Å². The number of halogens is 2. The summed E-state index contributed by atoms with van der Waals surface area (Å²) in [5.74, 6) is -1.20. The lowest BCUT2D eigenvalue weighted by Gasteiger charge is -2.27. The minimum Gasteiger partial charge on any atom is -0.481 e. The van der Waals surface area contributed by atoms with E-state index in [1.54, 1.807) is 18.2 Å². The number of carbonyl (C=O) groups excluding carboxylic acids is 1. The molecule has 1 aromatic rings. The van der Waals surface area contributed by atoms with Crippen molar-refractivity contribution in [3.8, 4) is 0 Å². The molecule has 2 atom stereocenters. The fraction of sp³-hybridized carbons (Fsp3) is 0.429. The standard InChI is InChI=1S/C14H16Cl2N2O3/c15-10-5-2-6-11(12(10)16)18-14(21)17-9-4-1-3-8(7-9)13(19)20/h2,5-6,8-9H,1,3-4,7H2,(H,19,20)(H2,17,18,21). The molecule has 3 N–H and O–H groups in total. The van der Waals surface area contributed by atoms with Crippen LogP contribution in [0.3, 0.4) is 0 Å². The fourth-order valence-corrected chi connectivity index (χ4v) is 2.84. The van der Waals surface area contributed by atoms with Gasteiger partial charge in [0, 0.05) is 6.04 Å². The van der Waals surface area contributed by atoms with E-state index in [1.807, 2.05) is 0 Å². The normalized spacial score (nSPS) is 21.6.